The van der Waals surface area contributed by atoms with Crippen molar-refractivity contribution >= 4 is 12.1 Å². The number of unbranched alkanes of at least 4 members (excludes halogenated alkanes) is 5. The van der Waals surface area contributed by atoms with Crippen molar-refractivity contribution in [1.29, 1.82) is 0 Å². The number of Topliss-reactive ketones (excluding diaryl/α,β-unsaturated/α-hetero) is 1. The zero-order valence-corrected chi connectivity index (χ0v) is 10.3. The molecule has 0 unspecified atom stereocenters. The zero-order chi connectivity index (χ0) is 12.1. The Balaban J connectivity index is 3.15. The van der Waals surface area contributed by atoms with E-state index < -0.39 is 0 Å². The number of ketones is 1. The summed E-state index contributed by atoms with van der Waals surface area (Å²) in [5, 5.41) is 0. The summed E-state index contributed by atoms with van der Waals surface area (Å²) in [4.78, 5) is 20.9. The third-order valence-corrected chi connectivity index (χ3v) is 2.47. The van der Waals surface area contributed by atoms with Crippen LogP contribution in [0.4, 0.5) is 0 Å². The Labute approximate surface area is 99.1 Å². The molecule has 0 aromatic rings. The summed E-state index contributed by atoms with van der Waals surface area (Å²) in [6.07, 6.45) is 14.6. The number of carbonyl (C=O) groups is 1. The van der Waals surface area contributed by atoms with Crippen molar-refractivity contribution in [1.82, 2.24) is 0 Å². The van der Waals surface area contributed by atoms with Gasteiger partial charge < -0.3 is 0 Å². The van der Waals surface area contributed by atoms with Crippen LogP contribution in [0.2, 0.25) is 0 Å². The molecule has 91 valence electrons. The van der Waals surface area contributed by atoms with Crippen LogP contribution in [0.15, 0.2) is 12.2 Å². The fourth-order valence-corrected chi connectivity index (χ4v) is 1.51. The van der Waals surface area contributed by atoms with E-state index in [0.29, 0.717) is 6.42 Å². The predicted molar refractivity (Wildman–Crippen MR) is 67.1 cm³/mol. The fraction of sp³-hybridized carbons (Fsp3) is 0.714. The molecular formula is C14H23O2. The molecule has 0 amide bonds. The van der Waals surface area contributed by atoms with E-state index >= 15 is 0 Å². The van der Waals surface area contributed by atoms with Gasteiger partial charge >= 0.3 is 0 Å². The van der Waals surface area contributed by atoms with Crippen LogP contribution in [0.25, 0.3) is 0 Å². The molecule has 0 aliphatic carbocycles. The lowest BCUT2D eigenvalue weighted by atomic mass is 10.1. The zero-order valence-electron chi connectivity index (χ0n) is 10.3. The molecule has 0 bridgehead atoms. The Morgan fingerprint density at radius 3 is 2.44 bits per heavy atom. The van der Waals surface area contributed by atoms with E-state index in [1.165, 1.54) is 25.7 Å². The lowest BCUT2D eigenvalue weighted by molar-refractivity contribution is -0.118. The van der Waals surface area contributed by atoms with Gasteiger partial charge in [-0.25, -0.2) is 0 Å². The van der Waals surface area contributed by atoms with Crippen molar-refractivity contribution < 1.29 is 9.59 Å². The van der Waals surface area contributed by atoms with E-state index in [2.05, 4.69) is 19.1 Å². The van der Waals surface area contributed by atoms with E-state index in [1.807, 2.05) is 0 Å². The van der Waals surface area contributed by atoms with E-state index in [1.54, 1.807) is 6.29 Å². The molecule has 0 spiro atoms. The van der Waals surface area contributed by atoms with Gasteiger partial charge in [-0.3, -0.25) is 9.59 Å². The second kappa shape index (κ2) is 12.2. The molecule has 2 heteroatoms. The van der Waals surface area contributed by atoms with Crippen LogP contribution in [0.5, 0.6) is 0 Å². The third-order valence-electron chi connectivity index (χ3n) is 2.47. The van der Waals surface area contributed by atoms with Gasteiger partial charge in [-0.1, -0.05) is 38.3 Å². The molecule has 1 radical (unpaired) electrons. The van der Waals surface area contributed by atoms with Crippen LogP contribution in [0.3, 0.4) is 0 Å². The molecule has 0 aromatic carbocycles. The summed E-state index contributed by atoms with van der Waals surface area (Å²) in [5.41, 5.74) is 0. The molecule has 0 atom stereocenters. The van der Waals surface area contributed by atoms with Gasteiger partial charge in [0.05, 0.1) is 6.42 Å². The Morgan fingerprint density at radius 2 is 1.75 bits per heavy atom. The summed E-state index contributed by atoms with van der Waals surface area (Å²) in [7, 11) is 0. The first-order valence-electron chi connectivity index (χ1n) is 6.33. The fourth-order valence-electron chi connectivity index (χ4n) is 1.51. The molecule has 0 fully saturated rings. The average molecular weight is 223 g/mol. The van der Waals surface area contributed by atoms with Crippen molar-refractivity contribution in [2.45, 2.75) is 64.7 Å². The van der Waals surface area contributed by atoms with Gasteiger partial charge in [0, 0.05) is 6.42 Å². The minimum absolute atomic E-state index is 0.0258. The Hall–Kier alpha value is -0.920. The molecule has 2 nitrogen and oxygen atoms in total. The molecule has 0 heterocycles. The molecule has 0 N–H and O–H groups in total. The lowest BCUT2D eigenvalue weighted by Gasteiger charge is -1.98. The van der Waals surface area contributed by atoms with Gasteiger partial charge in [-0.2, -0.15) is 0 Å². The highest BCUT2D eigenvalue weighted by atomic mass is 16.1. The van der Waals surface area contributed by atoms with Crippen LogP contribution >= 0.6 is 0 Å². The molecule has 0 saturated heterocycles. The Bertz CT molecular complexity index is 207. The quantitative estimate of drug-likeness (QED) is 0.304. The summed E-state index contributed by atoms with van der Waals surface area (Å²) >= 11 is 0. The normalized spacial score (nSPS) is 10.8. The molecular weight excluding hydrogens is 200 g/mol. The lowest BCUT2D eigenvalue weighted by Crippen LogP contribution is -1.97. The van der Waals surface area contributed by atoms with Crippen LogP contribution in [0, 0.1) is 0 Å². The van der Waals surface area contributed by atoms with Crippen molar-refractivity contribution in [3.05, 3.63) is 12.2 Å². The molecule has 0 aliphatic rings. The molecule has 0 saturated carbocycles. The number of hydrogen-bond donors (Lipinski definition) is 0. The van der Waals surface area contributed by atoms with Crippen molar-refractivity contribution in [2.24, 2.45) is 0 Å². The second-order valence-corrected chi connectivity index (χ2v) is 4.07. The molecule has 0 aromatic heterocycles. The summed E-state index contributed by atoms with van der Waals surface area (Å²) in [6.45, 7) is 2.18. The smallest absolute Gasteiger partial charge is 0.206 e. The highest BCUT2D eigenvalue weighted by molar-refractivity contribution is 5.89. The first kappa shape index (κ1) is 15.1. The minimum atomic E-state index is -0.0280. The van der Waals surface area contributed by atoms with Gasteiger partial charge in [0.1, 0.15) is 5.78 Å². The number of hydrogen-bond acceptors (Lipinski definition) is 2. The highest BCUT2D eigenvalue weighted by Gasteiger charge is 2.00. The van der Waals surface area contributed by atoms with Gasteiger partial charge in [0.25, 0.3) is 0 Å². The number of carbonyl (C=O) groups excluding carboxylic acids is 2. The highest BCUT2D eigenvalue weighted by Crippen LogP contribution is 2.07. The van der Waals surface area contributed by atoms with E-state index in [9.17, 15) is 9.59 Å². The summed E-state index contributed by atoms with van der Waals surface area (Å²) in [6, 6.07) is 0. The monoisotopic (exact) mass is 223 g/mol. The molecule has 0 rings (SSSR count). The minimum Gasteiger partial charge on any atom is -0.299 e. The van der Waals surface area contributed by atoms with Crippen molar-refractivity contribution in [2.75, 3.05) is 0 Å². The average Bonchev–Trinajstić information content (AvgIpc) is 2.27. The first-order valence-corrected chi connectivity index (χ1v) is 6.33. The van der Waals surface area contributed by atoms with Crippen LogP contribution in [-0.2, 0) is 9.59 Å². The van der Waals surface area contributed by atoms with E-state index in [-0.39, 0.29) is 12.2 Å². The van der Waals surface area contributed by atoms with Crippen molar-refractivity contribution in [3.63, 3.8) is 0 Å². The Kier molecular flexibility index (Phi) is 11.5. The summed E-state index contributed by atoms with van der Waals surface area (Å²) in [5.74, 6) is 0.0258. The van der Waals surface area contributed by atoms with E-state index in [0.717, 1.165) is 19.3 Å². The maximum Gasteiger partial charge on any atom is 0.206 e. The largest absolute Gasteiger partial charge is 0.299 e. The maximum atomic E-state index is 11.0. The first-order chi connectivity index (χ1) is 7.81. The predicted octanol–water partition coefficient (Wildman–Crippen LogP) is 3.75. The van der Waals surface area contributed by atoms with Gasteiger partial charge in [0.15, 0.2) is 0 Å². The SMILES string of the molecule is CCC/C=C/CCCCCCC(=O)C[C]=O. The molecule has 0 aliphatic heterocycles. The number of allylic oxidation sites excluding steroid dienone is 2. The van der Waals surface area contributed by atoms with Gasteiger partial charge in [-0.05, 0) is 25.7 Å². The summed E-state index contributed by atoms with van der Waals surface area (Å²) < 4.78 is 0. The van der Waals surface area contributed by atoms with E-state index in [4.69, 9.17) is 0 Å². The van der Waals surface area contributed by atoms with Crippen LogP contribution in [0.1, 0.15) is 64.7 Å². The number of rotatable bonds is 11. The Morgan fingerprint density at radius 1 is 1.06 bits per heavy atom. The van der Waals surface area contributed by atoms with Crippen molar-refractivity contribution in [3.8, 4) is 0 Å². The van der Waals surface area contributed by atoms with Crippen LogP contribution in [-0.4, -0.2) is 12.1 Å². The third kappa shape index (κ3) is 11.2. The van der Waals surface area contributed by atoms with Gasteiger partial charge in [-0.15, -0.1) is 0 Å². The van der Waals surface area contributed by atoms with Gasteiger partial charge in [0.2, 0.25) is 6.29 Å². The molecule has 16 heavy (non-hydrogen) atoms. The topological polar surface area (TPSA) is 34.1 Å². The maximum absolute atomic E-state index is 11.0. The standard InChI is InChI=1S/C14H23O2/c1-2-3-4-5-6-7-8-9-10-11-14(16)12-13-15/h4-5H,2-3,6-12H2,1H3/b5-4+. The van der Waals surface area contributed by atoms with Crippen LogP contribution < -0.4 is 0 Å². The second-order valence-electron chi connectivity index (χ2n) is 4.07.